The third-order valence-electron chi connectivity index (χ3n) is 4.95. The number of rotatable bonds is 5. The Morgan fingerprint density at radius 1 is 1.19 bits per heavy atom. The lowest BCUT2D eigenvalue weighted by Crippen LogP contribution is -2.33. The van der Waals surface area contributed by atoms with Gasteiger partial charge in [0.2, 0.25) is 0 Å². The average molecular weight is 440 g/mol. The predicted octanol–water partition coefficient (Wildman–Crippen LogP) is 1.59. The standard InChI is InChI=1S/C21H20N4O5S/c1-13-3-6-19(30-2)18(11-13)25-10-8-17(23-25)21(27)24-31(28,29)15-5-4-14-7-9-22-20(26)16(14)12-15/h3-6,8,10-12H,7,9H2,1-2H3,(H,22,26)(H,24,27). The number of benzene rings is 2. The molecule has 2 N–H and O–H groups in total. The van der Waals surface area contributed by atoms with Crippen LogP contribution < -0.4 is 14.8 Å². The number of hydrogen-bond acceptors (Lipinski definition) is 6. The summed E-state index contributed by atoms with van der Waals surface area (Å²) in [4.78, 5) is 24.4. The van der Waals surface area contributed by atoms with Crippen LogP contribution in [-0.4, -0.2) is 43.7 Å². The van der Waals surface area contributed by atoms with E-state index in [1.165, 1.54) is 30.0 Å². The first kappa shape index (κ1) is 20.6. The predicted molar refractivity (Wildman–Crippen MR) is 112 cm³/mol. The molecule has 0 spiro atoms. The summed E-state index contributed by atoms with van der Waals surface area (Å²) in [5.41, 5.74) is 2.56. The van der Waals surface area contributed by atoms with E-state index in [0.717, 1.165) is 11.1 Å². The summed E-state index contributed by atoms with van der Waals surface area (Å²) >= 11 is 0. The molecule has 0 saturated carbocycles. The van der Waals surface area contributed by atoms with Gasteiger partial charge in [-0.2, -0.15) is 5.10 Å². The number of carbonyl (C=O) groups excluding carboxylic acids is 2. The van der Waals surface area contributed by atoms with E-state index in [1.54, 1.807) is 18.3 Å². The molecule has 31 heavy (non-hydrogen) atoms. The summed E-state index contributed by atoms with van der Waals surface area (Å²) in [5, 5.41) is 6.86. The molecule has 3 aromatic rings. The molecule has 4 rings (SSSR count). The average Bonchev–Trinajstić information content (AvgIpc) is 3.24. The Hall–Kier alpha value is -3.66. The van der Waals surface area contributed by atoms with Crippen LogP contribution in [0.3, 0.4) is 0 Å². The van der Waals surface area contributed by atoms with E-state index in [0.29, 0.717) is 24.4 Å². The van der Waals surface area contributed by atoms with Gasteiger partial charge in [-0.15, -0.1) is 0 Å². The van der Waals surface area contributed by atoms with Crippen LogP contribution >= 0.6 is 0 Å². The number of aryl methyl sites for hydroxylation is 1. The molecule has 0 fully saturated rings. The van der Waals surface area contributed by atoms with Crippen LogP contribution in [0.2, 0.25) is 0 Å². The van der Waals surface area contributed by atoms with Gasteiger partial charge in [0.25, 0.3) is 21.8 Å². The van der Waals surface area contributed by atoms with Crippen molar-refractivity contribution in [1.82, 2.24) is 19.8 Å². The maximum absolute atomic E-state index is 12.7. The normalized spacial score (nSPS) is 13.3. The van der Waals surface area contributed by atoms with Gasteiger partial charge in [-0.1, -0.05) is 12.1 Å². The number of fused-ring (bicyclic) bond motifs is 1. The molecule has 0 unspecified atom stereocenters. The monoisotopic (exact) mass is 440 g/mol. The minimum Gasteiger partial charge on any atom is -0.494 e. The zero-order valence-corrected chi connectivity index (χ0v) is 17.7. The molecular weight excluding hydrogens is 420 g/mol. The van der Waals surface area contributed by atoms with Crippen molar-refractivity contribution < 1.29 is 22.7 Å². The summed E-state index contributed by atoms with van der Waals surface area (Å²) in [5.74, 6) is -0.663. The molecule has 1 aromatic heterocycles. The molecule has 0 atom stereocenters. The van der Waals surface area contributed by atoms with Crippen LogP contribution in [0.15, 0.2) is 53.6 Å². The minimum absolute atomic E-state index is 0.0807. The van der Waals surface area contributed by atoms with Crippen molar-refractivity contribution in [3.63, 3.8) is 0 Å². The van der Waals surface area contributed by atoms with Crippen molar-refractivity contribution in [2.75, 3.05) is 13.7 Å². The number of nitrogens with zero attached hydrogens (tertiary/aromatic N) is 2. The molecule has 2 heterocycles. The second kappa shape index (κ2) is 7.88. The summed E-state index contributed by atoms with van der Waals surface area (Å²) in [7, 11) is -2.67. The van der Waals surface area contributed by atoms with Gasteiger partial charge in [0.1, 0.15) is 11.4 Å². The molecular formula is C21H20N4O5S. The summed E-state index contributed by atoms with van der Waals surface area (Å²) in [6, 6.07) is 11.1. The second-order valence-corrected chi connectivity index (χ2v) is 8.76. The fourth-order valence-electron chi connectivity index (χ4n) is 3.35. The number of sulfonamides is 1. The van der Waals surface area contributed by atoms with Gasteiger partial charge in [0.15, 0.2) is 5.69 Å². The van der Waals surface area contributed by atoms with E-state index in [1.807, 2.05) is 23.8 Å². The fourth-order valence-corrected chi connectivity index (χ4v) is 4.34. The van der Waals surface area contributed by atoms with Crippen LogP contribution in [0.1, 0.15) is 32.0 Å². The number of hydrogen-bond donors (Lipinski definition) is 2. The zero-order chi connectivity index (χ0) is 22.2. The van der Waals surface area contributed by atoms with E-state index in [9.17, 15) is 18.0 Å². The third kappa shape index (κ3) is 4.02. The van der Waals surface area contributed by atoms with Crippen molar-refractivity contribution in [1.29, 1.82) is 0 Å². The summed E-state index contributed by atoms with van der Waals surface area (Å²) in [6.45, 7) is 2.41. The number of methoxy groups -OCH3 is 1. The molecule has 2 aromatic carbocycles. The smallest absolute Gasteiger partial charge is 0.285 e. The van der Waals surface area contributed by atoms with Crippen molar-refractivity contribution in [3.8, 4) is 11.4 Å². The highest BCUT2D eigenvalue weighted by Crippen LogP contribution is 2.24. The van der Waals surface area contributed by atoms with Gasteiger partial charge in [-0.05, 0) is 54.8 Å². The molecule has 9 nitrogen and oxygen atoms in total. The Labute approximate surface area is 179 Å². The van der Waals surface area contributed by atoms with Gasteiger partial charge >= 0.3 is 0 Å². The second-order valence-electron chi connectivity index (χ2n) is 7.08. The van der Waals surface area contributed by atoms with Gasteiger partial charge in [-0.3, -0.25) is 9.59 Å². The Balaban J connectivity index is 1.59. The Morgan fingerprint density at radius 2 is 2.00 bits per heavy atom. The van der Waals surface area contributed by atoms with Crippen LogP contribution in [0.4, 0.5) is 0 Å². The molecule has 0 bridgehead atoms. The molecule has 1 aliphatic heterocycles. The largest absolute Gasteiger partial charge is 0.494 e. The van der Waals surface area contributed by atoms with Crippen LogP contribution in [0.25, 0.3) is 5.69 Å². The molecule has 0 radical (unpaired) electrons. The molecule has 0 aliphatic carbocycles. The van der Waals surface area contributed by atoms with E-state index >= 15 is 0 Å². The lowest BCUT2D eigenvalue weighted by Gasteiger charge is -2.17. The van der Waals surface area contributed by atoms with Gasteiger partial charge in [0, 0.05) is 18.3 Å². The topological polar surface area (TPSA) is 119 Å². The van der Waals surface area contributed by atoms with E-state index in [2.05, 4.69) is 10.4 Å². The van der Waals surface area contributed by atoms with Crippen molar-refractivity contribution in [2.24, 2.45) is 0 Å². The first-order chi connectivity index (χ1) is 14.8. The Bertz CT molecular complexity index is 1300. The van der Waals surface area contributed by atoms with E-state index in [-0.39, 0.29) is 22.1 Å². The Morgan fingerprint density at radius 3 is 2.77 bits per heavy atom. The van der Waals surface area contributed by atoms with Crippen molar-refractivity contribution >= 4 is 21.8 Å². The summed E-state index contributed by atoms with van der Waals surface area (Å²) < 4.78 is 34.2. The highest BCUT2D eigenvalue weighted by Gasteiger charge is 2.24. The first-order valence-electron chi connectivity index (χ1n) is 9.47. The molecule has 10 heteroatoms. The maximum atomic E-state index is 12.7. The zero-order valence-electron chi connectivity index (χ0n) is 16.9. The molecule has 2 amide bonds. The quantitative estimate of drug-likeness (QED) is 0.622. The fraction of sp³-hybridized carbons (Fsp3) is 0.190. The minimum atomic E-state index is -4.19. The van der Waals surface area contributed by atoms with Crippen LogP contribution in [0.5, 0.6) is 5.75 Å². The van der Waals surface area contributed by atoms with Crippen molar-refractivity contribution in [3.05, 3.63) is 71.0 Å². The molecule has 0 saturated heterocycles. The SMILES string of the molecule is COc1ccc(C)cc1-n1ccc(C(=O)NS(=O)(=O)c2ccc3c(c2)C(=O)NCC3)n1. The Kier molecular flexibility index (Phi) is 5.24. The third-order valence-corrected chi connectivity index (χ3v) is 6.27. The van der Waals surface area contributed by atoms with E-state index in [4.69, 9.17) is 4.74 Å². The van der Waals surface area contributed by atoms with Gasteiger partial charge < -0.3 is 10.1 Å². The molecule has 160 valence electrons. The highest BCUT2D eigenvalue weighted by atomic mass is 32.2. The maximum Gasteiger partial charge on any atom is 0.285 e. The number of ether oxygens (including phenoxy) is 1. The van der Waals surface area contributed by atoms with Gasteiger partial charge in [-0.25, -0.2) is 17.8 Å². The highest BCUT2D eigenvalue weighted by molar-refractivity contribution is 7.90. The number of aromatic nitrogens is 2. The number of amides is 2. The van der Waals surface area contributed by atoms with Crippen LogP contribution in [0, 0.1) is 6.92 Å². The number of carbonyl (C=O) groups is 2. The lowest BCUT2D eigenvalue weighted by atomic mass is 10.0. The van der Waals surface area contributed by atoms with Crippen LogP contribution in [-0.2, 0) is 16.4 Å². The van der Waals surface area contributed by atoms with Crippen molar-refractivity contribution in [2.45, 2.75) is 18.2 Å². The number of nitrogens with one attached hydrogen (secondary N) is 2. The summed E-state index contributed by atoms with van der Waals surface area (Å²) in [6.07, 6.45) is 2.16. The lowest BCUT2D eigenvalue weighted by molar-refractivity contribution is 0.0944. The van der Waals surface area contributed by atoms with E-state index < -0.39 is 15.9 Å². The first-order valence-corrected chi connectivity index (χ1v) is 11.0. The molecule has 1 aliphatic rings. The van der Waals surface area contributed by atoms with Gasteiger partial charge in [0.05, 0.1) is 12.0 Å².